The van der Waals surface area contributed by atoms with Crippen LogP contribution in [0.15, 0.2) is 23.2 Å². The molecule has 0 aromatic carbocycles. The van der Waals surface area contributed by atoms with E-state index in [1.165, 1.54) is 6.20 Å². The molecule has 1 aliphatic heterocycles. The Hall–Kier alpha value is -1.67. The van der Waals surface area contributed by atoms with Crippen LogP contribution in [0.3, 0.4) is 0 Å². The second-order valence-corrected chi connectivity index (χ2v) is 8.25. The number of anilines is 1. The number of sulfonamides is 1. The van der Waals surface area contributed by atoms with Gasteiger partial charge >= 0.3 is 0 Å². The molecule has 1 saturated heterocycles. The third-order valence-electron chi connectivity index (χ3n) is 4.55. The predicted molar refractivity (Wildman–Crippen MR) is 97.9 cm³/mol. The van der Waals surface area contributed by atoms with Gasteiger partial charge < -0.3 is 10.2 Å². The van der Waals surface area contributed by atoms with Gasteiger partial charge in [-0.25, -0.2) is 18.1 Å². The SMILES string of the molecule is CCCC(C)NS(=O)(=O)c1ccc(N2CCC(C(=O)NC)CC2)nc1. The summed E-state index contributed by atoms with van der Waals surface area (Å²) in [7, 11) is -1.88. The molecule has 2 rings (SSSR count). The van der Waals surface area contributed by atoms with Crippen molar-refractivity contribution < 1.29 is 13.2 Å². The Balaban J connectivity index is 1.99. The Morgan fingerprint density at radius 3 is 2.56 bits per heavy atom. The van der Waals surface area contributed by atoms with Gasteiger partial charge in [0.15, 0.2) is 0 Å². The van der Waals surface area contributed by atoms with Crippen molar-refractivity contribution in [3.63, 3.8) is 0 Å². The van der Waals surface area contributed by atoms with E-state index in [4.69, 9.17) is 0 Å². The topological polar surface area (TPSA) is 91.4 Å². The molecule has 7 nitrogen and oxygen atoms in total. The molecule has 1 amide bonds. The van der Waals surface area contributed by atoms with Crippen LogP contribution in [0.1, 0.15) is 39.5 Å². The van der Waals surface area contributed by atoms with Crippen LogP contribution in [-0.2, 0) is 14.8 Å². The molecule has 25 heavy (non-hydrogen) atoms. The Morgan fingerprint density at radius 1 is 1.36 bits per heavy atom. The highest BCUT2D eigenvalue weighted by Gasteiger charge is 2.25. The molecule has 1 aliphatic rings. The fraction of sp³-hybridized carbons (Fsp3) is 0.647. The molecule has 1 aromatic rings. The van der Waals surface area contributed by atoms with Crippen molar-refractivity contribution >= 4 is 21.7 Å². The molecule has 0 radical (unpaired) electrons. The van der Waals surface area contributed by atoms with Crippen LogP contribution in [0.2, 0.25) is 0 Å². The molecule has 0 aliphatic carbocycles. The lowest BCUT2D eigenvalue weighted by atomic mass is 9.96. The number of hydrogen-bond donors (Lipinski definition) is 2. The number of pyridine rings is 1. The van der Waals surface area contributed by atoms with Gasteiger partial charge in [0, 0.05) is 38.3 Å². The molecule has 140 valence electrons. The van der Waals surface area contributed by atoms with E-state index in [0.29, 0.717) is 0 Å². The fourth-order valence-corrected chi connectivity index (χ4v) is 4.34. The lowest BCUT2D eigenvalue weighted by molar-refractivity contribution is -0.125. The fourth-order valence-electron chi connectivity index (χ4n) is 3.12. The van der Waals surface area contributed by atoms with Crippen molar-refractivity contribution in [2.75, 3.05) is 25.0 Å². The highest BCUT2D eigenvalue weighted by atomic mass is 32.2. The average Bonchev–Trinajstić information content (AvgIpc) is 2.61. The summed E-state index contributed by atoms with van der Waals surface area (Å²) in [5, 5.41) is 2.69. The van der Waals surface area contributed by atoms with Crippen molar-refractivity contribution in [2.45, 2.75) is 50.5 Å². The summed E-state index contributed by atoms with van der Waals surface area (Å²) in [6.45, 7) is 5.36. The zero-order valence-corrected chi connectivity index (χ0v) is 16.0. The maximum absolute atomic E-state index is 12.3. The zero-order valence-electron chi connectivity index (χ0n) is 15.2. The first-order chi connectivity index (χ1) is 11.9. The number of aromatic nitrogens is 1. The minimum absolute atomic E-state index is 0.0464. The van der Waals surface area contributed by atoms with Crippen LogP contribution in [0.5, 0.6) is 0 Å². The van der Waals surface area contributed by atoms with E-state index in [0.717, 1.165) is 44.6 Å². The molecule has 1 fully saturated rings. The Kier molecular flexibility index (Phi) is 6.78. The largest absolute Gasteiger partial charge is 0.359 e. The Labute approximate surface area is 150 Å². The highest BCUT2D eigenvalue weighted by molar-refractivity contribution is 7.89. The molecule has 2 N–H and O–H groups in total. The molecule has 2 heterocycles. The summed E-state index contributed by atoms with van der Waals surface area (Å²) in [6, 6.07) is 3.23. The number of piperidine rings is 1. The van der Waals surface area contributed by atoms with Gasteiger partial charge in [0.2, 0.25) is 15.9 Å². The molecule has 0 bridgehead atoms. The summed E-state index contributed by atoms with van der Waals surface area (Å²) in [5.74, 6) is 0.877. The van der Waals surface area contributed by atoms with Gasteiger partial charge in [-0.15, -0.1) is 0 Å². The summed E-state index contributed by atoms with van der Waals surface area (Å²) in [5.41, 5.74) is 0. The second-order valence-electron chi connectivity index (χ2n) is 6.54. The van der Waals surface area contributed by atoms with Crippen molar-refractivity contribution in [2.24, 2.45) is 5.92 Å². The first kappa shape index (κ1) is 19.7. The number of nitrogens with one attached hydrogen (secondary N) is 2. The van der Waals surface area contributed by atoms with Crippen molar-refractivity contribution in [3.8, 4) is 0 Å². The van der Waals surface area contributed by atoms with E-state index >= 15 is 0 Å². The quantitative estimate of drug-likeness (QED) is 0.761. The van der Waals surface area contributed by atoms with Crippen molar-refractivity contribution in [3.05, 3.63) is 18.3 Å². The molecule has 0 saturated carbocycles. The molecule has 1 atom stereocenters. The third-order valence-corrected chi connectivity index (χ3v) is 6.12. The molecular formula is C17H28N4O3S. The Morgan fingerprint density at radius 2 is 2.04 bits per heavy atom. The lowest BCUT2D eigenvalue weighted by Crippen LogP contribution is -2.40. The third kappa shape index (κ3) is 5.15. The number of amides is 1. The van der Waals surface area contributed by atoms with E-state index in [1.807, 2.05) is 13.8 Å². The van der Waals surface area contributed by atoms with Gasteiger partial charge in [-0.1, -0.05) is 13.3 Å². The minimum atomic E-state index is -3.54. The van der Waals surface area contributed by atoms with Gasteiger partial charge in [-0.2, -0.15) is 0 Å². The number of nitrogens with zero attached hydrogens (tertiary/aromatic N) is 2. The maximum atomic E-state index is 12.3. The van der Waals surface area contributed by atoms with Crippen LogP contribution < -0.4 is 14.9 Å². The number of carbonyl (C=O) groups is 1. The van der Waals surface area contributed by atoms with Crippen LogP contribution in [0, 0.1) is 5.92 Å². The molecular weight excluding hydrogens is 340 g/mol. The molecule has 1 unspecified atom stereocenters. The summed E-state index contributed by atoms with van der Waals surface area (Å²) in [4.78, 5) is 18.3. The monoisotopic (exact) mass is 368 g/mol. The van der Waals surface area contributed by atoms with Crippen molar-refractivity contribution in [1.29, 1.82) is 0 Å². The highest BCUT2D eigenvalue weighted by Crippen LogP contribution is 2.22. The Bertz CT molecular complexity index is 668. The summed E-state index contributed by atoms with van der Waals surface area (Å²) >= 11 is 0. The van der Waals surface area contributed by atoms with Gasteiger partial charge in [0.1, 0.15) is 10.7 Å². The van der Waals surface area contributed by atoms with Crippen LogP contribution in [0.25, 0.3) is 0 Å². The van der Waals surface area contributed by atoms with Crippen molar-refractivity contribution in [1.82, 2.24) is 15.0 Å². The first-order valence-electron chi connectivity index (χ1n) is 8.82. The van der Waals surface area contributed by atoms with Gasteiger partial charge in [0.05, 0.1) is 0 Å². The van der Waals surface area contributed by atoms with E-state index < -0.39 is 10.0 Å². The van der Waals surface area contributed by atoms with Crippen LogP contribution in [0.4, 0.5) is 5.82 Å². The first-order valence-corrected chi connectivity index (χ1v) is 10.3. The van der Waals surface area contributed by atoms with Crippen LogP contribution >= 0.6 is 0 Å². The second kappa shape index (κ2) is 8.62. The van der Waals surface area contributed by atoms with Gasteiger partial charge in [-0.05, 0) is 38.3 Å². The molecule has 1 aromatic heterocycles. The standard InChI is InChI=1S/C17H28N4O3S/c1-4-5-13(2)20-25(23,24)15-6-7-16(19-12-15)21-10-8-14(9-11-21)17(22)18-3/h6-7,12-14,20H,4-5,8-11H2,1-3H3,(H,18,22). The smallest absolute Gasteiger partial charge is 0.242 e. The summed E-state index contributed by atoms with van der Waals surface area (Å²) in [6.07, 6.45) is 4.67. The van der Waals surface area contributed by atoms with Crippen LogP contribution in [-0.4, -0.2) is 45.5 Å². The average molecular weight is 369 g/mol. The molecule has 8 heteroatoms. The van der Waals surface area contributed by atoms with Gasteiger partial charge in [0.25, 0.3) is 0 Å². The number of carbonyl (C=O) groups excluding carboxylic acids is 1. The number of hydrogen-bond acceptors (Lipinski definition) is 5. The normalized spacial score (nSPS) is 17.3. The molecule has 0 spiro atoms. The number of rotatable bonds is 7. The van der Waals surface area contributed by atoms with Gasteiger partial charge in [-0.3, -0.25) is 4.79 Å². The maximum Gasteiger partial charge on any atom is 0.242 e. The minimum Gasteiger partial charge on any atom is -0.359 e. The van der Waals surface area contributed by atoms with E-state index in [1.54, 1.807) is 19.2 Å². The van der Waals surface area contributed by atoms with E-state index in [2.05, 4.69) is 19.9 Å². The van der Waals surface area contributed by atoms with E-state index in [9.17, 15) is 13.2 Å². The summed E-state index contributed by atoms with van der Waals surface area (Å²) < 4.78 is 27.4. The van der Waals surface area contributed by atoms with E-state index in [-0.39, 0.29) is 22.8 Å². The lowest BCUT2D eigenvalue weighted by Gasteiger charge is -2.32. The predicted octanol–water partition coefficient (Wildman–Crippen LogP) is 1.51. The zero-order chi connectivity index (χ0) is 18.4.